The quantitative estimate of drug-likeness (QED) is 0.574. The molecule has 2 atom stereocenters. The highest BCUT2D eigenvalue weighted by atomic mass is 16.6. The van der Waals surface area contributed by atoms with Gasteiger partial charge in [-0.3, -0.25) is 0 Å². The Kier molecular flexibility index (Phi) is 6.22. The zero-order chi connectivity index (χ0) is 19.0. The third kappa shape index (κ3) is 4.91. The average molecular weight is 376 g/mol. The molecule has 4 heteroatoms. The highest BCUT2D eigenvalue weighted by molar-refractivity contribution is 5.41. The van der Waals surface area contributed by atoms with Crippen molar-refractivity contribution < 1.29 is 18.9 Å². The molecule has 0 aromatic heterocycles. The summed E-state index contributed by atoms with van der Waals surface area (Å²) in [6, 6.07) is 27.9. The molecule has 0 bridgehead atoms. The lowest BCUT2D eigenvalue weighted by Crippen LogP contribution is -2.45. The van der Waals surface area contributed by atoms with Gasteiger partial charge in [0, 0.05) is 0 Å². The van der Waals surface area contributed by atoms with E-state index in [0.29, 0.717) is 26.4 Å². The summed E-state index contributed by atoms with van der Waals surface area (Å²) in [7, 11) is 0. The first-order valence-electron chi connectivity index (χ1n) is 9.54. The Balaban J connectivity index is 1.36. The SMILES string of the molecule is c1ccc(COC[C@@H]2Oc3ccccc3O[C@H]2COCc2ccccc2)cc1. The summed E-state index contributed by atoms with van der Waals surface area (Å²) in [4.78, 5) is 0. The van der Waals surface area contributed by atoms with E-state index in [1.54, 1.807) is 0 Å². The van der Waals surface area contributed by atoms with Crippen molar-refractivity contribution in [3.05, 3.63) is 96.1 Å². The Morgan fingerprint density at radius 2 is 0.929 bits per heavy atom. The van der Waals surface area contributed by atoms with E-state index in [-0.39, 0.29) is 12.2 Å². The fourth-order valence-electron chi connectivity index (χ4n) is 3.14. The Labute approximate surface area is 165 Å². The van der Waals surface area contributed by atoms with Gasteiger partial charge in [-0.25, -0.2) is 0 Å². The number of para-hydroxylation sites is 2. The van der Waals surface area contributed by atoms with Crippen molar-refractivity contribution in [2.45, 2.75) is 25.4 Å². The van der Waals surface area contributed by atoms with Gasteiger partial charge >= 0.3 is 0 Å². The first-order valence-corrected chi connectivity index (χ1v) is 9.54. The normalized spacial score (nSPS) is 18.0. The van der Waals surface area contributed by atoms with Crippen molar-refractivity contribution in [2.24, 2.45) is 0 Å². The number of benzene rings is 3. The van der Waals surface area contributed by atoms with Gasteiger partial charge in [0.25, 0.3) is 0 Å². The maximum atomic E-state index is 6.16. The molecule has 28 heavy (non-hydrogen) atoms. The van der Waals surface area contributed by atoms with Gasteiger partial charge in [0.2, 0.25) is 0 Å². The standard InChI is InChI=1S/C24H24O4/c1-3-9-19(10-4-1)15-25-17-23-24(18-26-16-20-11-5-2-6-12-20)28-22-14-8-7-13-21(22)27-23/h1-14,23-24H,15-18H2/t23-,24-/m0/s1. The maximum absolute atomic E-state index is 6.16. The summed E-state index contributed by atoms with van der Waals surface area (Å²) in [6.45, 7) is 1.95. The van der Waals surface area contributed by atoms with Crippen molar-refractivity contribution in [1.82, 2.24) is 0 Å². The maximum Gasteiger partial charge on any atom is 0.161 e. The van der Waals surface area contributed by atoms with Crippen LogP contribution in [0.15, 0.2) is 84.9 Å². The third-order valence-electron chi connectivity index (χ3n) is 4.61. The second kappa shape index (κ2) is 9.40. The Morgan fingerprint density at radius 3 is 1.36 bits per heavy atom. The van der Waals surface area contributed by atoms with Gasteiger partial charge in [0.05, 0.1) is 26.4 Å². The highest BCUT2D eigenvalue weighted by Crippen LogP contribution is 2.33. The Hall–Kier alpha value is -2.82. The van der Waals surface area contributed by atoms with Crippen LogP contribution in [-0.4, -0.2) is 25.4 Å². The fourth-order valence-corrected chi connectivity index (χ4v) is 3.14. The average Bonchev–Trinajstić information content (AvgIpc) is 2.75. The lowest BCUT2D eigenvalue weighted by atomic mass is 10.1. The number of fused-ring (bicyclic) bond motifs is 1. The predicted molar refractivity (Wildman–Crippen MR) is 107 cm³/mol. The van der Waals surface area contributed by atoms with E-state index in [4.69, 9.17) is 18.9 Å². The molecule has 3 aromatic carbocycles. The van der Waals surface area contributed by atoms with Crippen LogP contribution in [0.25, 0.3) is 0 Å². The molecular formula is C24H24O4. The molecule has 1 aliphatic rings. The fraction of sp³-hybridized carbons (Fsp3) is 0.250. The van der Waals surface area contributed by atoms with Gasteiger partial charge in [-0.15, -0.1) is 0 Å². The van der Waals surface area contributed by atoms with Crippen molar-refractivity contribution in [1.29, 1.82) is 0 Å². The van der Waals surface area contributed by atoms with Crippen LogP contribution in [-0.2, 0) is 22.7 Å². The molecule has 0 saturated carbocycles. The molecule has 0 fully saturated rings. The van der Waals surface area contributed by atoms with E-state index >= 15 is 0 Å². The highest BCUT2D eigenvalue weighted by Gasteiger charge is 2.32. The topological polar surface area (TPSA) is 36.9 Å². The van der Waals surface area contributed by atoms with Crippen LogP contribution in [0.1, 0.15) is 11.1 Å². The number of hydrogen-bond acceptors (Lipinski definition) is 4. The summed E-state index contributed by atoms with van der Waals surface area (Å²) in [6.07, 6.45) is -0.455. The molecule has 1 aliphatic heterocycles. The van der Waals surface area contributed by atoms with E-state index in [2.05, 4.69) is 0 Å². The lowest BCUT2D eigenvalue weighted by Gasteiger charge is -2.33. The third-order valence-corrected chi connectivity index (χ3v) is 4.61. The minimum absolute atomic E-state index is 0.227. The number of hydrogen-bond donors (Lipinski definition) is 0. The molecule has 0 N–H and O–H groups in total. The molecule has 3 aromatic rings. The second-order valence-electron chi connectivity index (χ2n) is 6.76. The van der Waals surface area contributed by atoms with Crippen LogP contribution >= 0.6 is 0 Å². The molecule has 0 saturated heterocycles. The van der Waals surface area contributed by atoms with E-state index in [0.717, 1.165) is 22.6 Å². The summed E-state index contributed by atoms with van der Waals surface area (Å²) in [5.41, 5.74) is 2.27. The molecule has 4 rings (SSSR count). The monoisotopic (exact) mass is 376 g/mol. The van der Waals surface area contributed by atoms with Crippen molar-refractivity contribution in [3.8, 4) is 11.5 Å². The van der Waals surface area contributed by atoms with Crippen LogP contribution in [0.5, 0.6) is 11.5 Å². The van der Waals surface area contributed by atoms with Gasteiger partial charge in [-0.2, -0.15) is 0 Å². The summed E-state index contributed by atoms with van der Waals surface area (Å²) in [5, 5.41) is 0. The first-order chi connectivity index (χ1) is 13.9. The molecule has 144 valence electrons. The zero-order valence-corrected chi connectivity index (χ0v) is 15.7. The van der Waals surface area contributed by atoms with E-state index in [1.165, 1.54) is 0 Å². The van der Waals surface area contributed by atoms with Crippen molar-refractivity contribution in [3.63, 3.8) is 0 Å². The molecule has 0 radical (unpaired) electrons. The van der Waals surface area contributed by atoms with Crippen molar-refractivity contribution >= 4 is 0 Å². The smallest absolute Gasteiger partial charge is 0.161 e. The van der Waals surface area contributed by atoms with Gasteiger partial charge in [-0.05, 0) is 23.3 Å². The van der Waals surface area contributed by atoms with Crippen molar-refractivity contribution in [2.75, 3.05) is 13.2 Å². The molecule has 4 nitrogen and oxygen atoms in total. The summed E-state index contributed by atoms with van der Waals surface area (Å²) >= 11 is 0. The number of rotatable bonds is 8. The molecule has 0 amide bonds. The first kappa shape index (κ1) is 18.5. The molecule has 0 spiro atoms. The van der Waals surface area contributed by atoms with Crippen LogP contribution in [0, 0.1) is 0 Å². The van der Waals surface area contributed by atoms with E-state index in [9.17, 15) is 0 Å². The number of ether oxygens (including phenoxy) is 4. The largest absolute Gasteiger partial charge is 0.480 e. The van der Waals surface area contributed by atoms with Gasteiger partial charge in [0.1, 0.15) is 0 Å². The molecular weight excluding hydrogens is 352 g/mol. The van der Waals surface area contributed by atoms with Crippen LogP contribution < -0.4 is 9.47 Å². The van der Waals surface area contributed by atoms with E-state index in [1.807, 2.05) is 84.9 Å². The van der Waals surface area contributed by atoms with Gasteiger partial charge < -0.3 is 18.9 Å². The summed E-state index contributed by atoms with van der Waals surface area (Å²) in [5.74, 6) is 1.49. The summed E-state index contributed by atoms with van der Waals surface area (Å²) < 4.78 is 24.1. The molecule has 1 heterocycles. The van der Waals surface area contributed by atoms with Crippen LogP contribution in [0.3, 0.4) is 0 Å². The minimum Gasteiger partial charge on any atom is -0.480 e. The van der Waals surface area contributed by atoms with E-state index < -0.39 is 0 Å². The van der Waals surface area contributed by atoms with Gasteiger partial charge in [-0.1, -0.05) is 72.8 Å². The van der Waals surface area contributed by atoms with Crippen LogP contribution in [0.2, 0.25) is 0 Å². The second-order valence-corrected chi connectivity index (χ2v) is 6.76. The molecule has 0 unspecified atom stereocenters. The van der Waals surface area contributed by atoms with Crippen LogP contribution in [0.4, 0.5) is 0 Å². The lowest BCUT2D eigenvalue weighted by molar-refractivity contribution is -0.0714. The zero-order valence-electron chi connectivity index (χ0n) is 15.7. The Morgan fingerprint density at radius 1 is 0.536 bits per heavy atom. The predicted octanol–water partition coefficient (Wildman–Crippen LogP) is 4.63. The minimum atomic E-state index is -0.227. The van der Waals surface area contributed by atoms with Gasteiger partial charge in [0.15, 0.2) is 23.7 Å². The molecule has 0 aliphatic carbocycles. The Bertz CT molecular complexity index is 778.